The summed E-state index contributed by atoms with van der Waals surface area (Å²) in [6, 6.07) is 2.02. The van der Waals surface area contributed by atoms with Gasteiger partial charge in [-0.05, 0) is 44.9 Å². The Balaban J connectivity index is 0.00000150. The second-order valence-corrected chi connectivity index (χ2v) is 6.65. The molecule has 0 radical (unpaired) electrons. The molecule has 8 heteroatoms. The van der Waals surface area contributed by atoms with Crippen molar-refractivity contribution in [3.8, 4) is 6.07 Å². The molecule has 1 heterocycles. The van der Waals surface area contributed by atoms with E-state index in [4.69, 9.17) is 27.5 Å². The van der Waals surface area contributed by atoms with Crippen LogP contribution in [-0.2, 0) is 11.8 Å². The molecule has 1 amide bonds. The minimum atomic E-state index is -0.674. The van der Waals surface area contributed by atoms with Crippen molar-refractivity contribution in [3.63, 3.8) is 0 Å². The lowest BCUT2D eigenvalue weighted by Gasteiger charge is -2.09. The lowest BCUT2D eigenvalue weighted by molar-refractivity contribution is -0.114. The number of nitrogens with zero attached hydrogens (tertiary/aromatic N) is 3. The van der Waals surface area contributed by atoms with E-state index in [0.29, 0.717) is 29.1 Å². The third-order valence-corrected chi connectivity index (χ3v) is 3.92. The number of nitrogens with two attached hydrogens (primary N) is 2. The molecule has 0 saturated carbocycles. The first-order valence-electron chi connectivity index (χ1n) is 9.32. The Kier molecular flexibility index (Phi) is 11.1. The van der Waals surface area contributed by atoms with Crippen LogP contribution in [0.4, 0.5) is 0 Å². The molecule has 1 rings (SSSR count). The fourth-order valence-electron chi connectivity index (χ4n) is 2.38. The van der Waals surface area contributed by atoms with Gasteiger partial charge in [0.15, 0.2) is 0 Å². The summed E-state index contributed by atoms with van der Waals surface area (Å²) in [7, 11) is 1.84. The highest BCUT2D eigenvalue weighted by Crippen LogP contribution is 2.22. The van der Waals surface area contributed by atoms with Crippen molar-refractivity contribution in [2.75, 3.05) is 0 Å². The maximum atomic E-state index is 11.1. The standard InChI is InChI=1S/C18H24N6O.C4H7N/c1-10(6-12(3)20)16-9-24(5)18(23-16)13(4)14(8-19)15(21)7-11(2)17(22)25;1-2-3-4-5/h6-9,19-20H,2,21H2,1,3-5H3,(H2,22,25);2-3H2,1H3/b10-6+,14-13+,15-7+,19-8?,20-12?;. The minimum absolute atomic E-state index is 0.0606. The monoisotopic (exact) mass is 409 g/mol. The van der Waals surface area contributed by atoms with Crippen LogP contribution in [-0.4, -0.2) is 27.4 Å². The molecular formula is C22H31N7O. The summed E-state index contributed by atoms with van der Waals surface area (Å²) in [5, 5.41) is 23.0. The van der Waals surface area contributed by atoms with Crippen molar-refractivity contribution in [2.24, 2.45) is 18.5 Å². The fourth-order valence-corrected chi connectivity index (χ4v) is 2.38. The summed E-state index contributed by atoms with van der Waals surface area (Å²) in [6.45, 7) is 10.9. The van der Waals surface area contributed by atoms with Gasteiger partial charge in [0, 0.05) is 54.0 Å². The molecule has 0 fully saturated rings. The number of rotatable bonds is 8. The van der Waals surface area contributed by atoms with Crippen LogP contribution in [0, 0.1) is 22.1 Å². The van der Waals surface area contributed by atoms with E-state index < -0.39 is 5.91 Å². The van der Waals surface area contributed by atoms with Crippen LogP contribution >= 0.6 is 0 Å². The van der Waals surface area contributed by atoms with E-state index in [9.17, 15) is 4.79 Å². The van der Waals surface area contributed by atoms with Gasteiger partial charge in [-0.25, -0.2) is 4.98 Å². The van der Waals surface area contributed by atoms with Gasteiger partial charge in [0.05, 0.1) is 11.8 Å². The number of primary amides is 1. The summed E-state index contributed by atoms with van der Waals surface area (Å²) in [6.07, 6.45) is 7.70. The van der Waals surface area contributed by atoms with Crippen LogP contribution in [0.3, 0.4) is 0 Å². The predicted molar refractivity (Wildman–Crippen MR) is 123 cm³/mol. The van der Waals surface area contributed by atoms with Gasteiger partial charge in [-0.15, -0.1) is 0 Å². The number of amides is 1. The van der Waals surface area contributed by atoms with Crippen molar-refractivity contribution in [1.82, 2.24) is 9.55 Å². The highest BCUT2D eigenvalue weighted by Gasteiger charge is 2.13. The van der Waals surface area contributed by atoms with Crippen LogP contribution in [0.5, 0.6) is 0 Å². The molecular weight excluding hydrogens is 378 g/mol. The molecule has 0 aromatic carbocycles. The molecule has 0 bridgehead atoms. The number of nitriles is 1. The zero-order valence-electron chi connectivity index (χ0n) is 18.3. The predicted octanol–water partition coefficient (Wildman–Crippen LogP) is 3.48. The highest BCUT2D eigenvalue weighted by molar-refractivity contribution is 5.98. The summed E-state index contributed by atoms with van der Waals surface area (Å²) in [4.78, 5) is 15.7. The number of aromatic nitrogens is 2. The second kappa shape index (κ2) is 12.7. The Labute approximate surface area is 178 Å². The van der Waals surface area contributed by atoms with Crippen LogP contribution in [0.25, 0.3) is 11.1 Å². The molecule has 0 saturated heterocycles. The normalized spacial score (nSPS) is 12.1. The Hall–Kier alpha value is -3.73. The first kappa shape index (κ1) is 26.3. The Morgan fingerprint density at radius 3 is 2.33 bits per heavy atom. The number of carbonyl (C=O) groups is 1. The molecule has 160 valence electrons. The van der Waals surface area contributed by atoms with Gasteiger partial charge in [0.2, 0.25) is 5.91 Å². The first-order valence-corrected chi connectivity index (χ1v) is 9.32. The van der Waals surface area contributed by atoms with Gasteiger partial charge in [-0.3, -0.25) is 4.79 Å². The minimum Gasteiger partial charge on any atom is -0.398 e. The average Bonchev–Trinajstić information content (AvgIpc) is 3.04. The third-order valence-electron chi connectivity index (χ3n) is 3.92. The van der Waals surface area contributed by atoms with Crippen molar-refractivity contribution < 1.29 is 4.79 Å². The maximum absolute atomic E-state index is 11.1. The van der Waals surface area contributed by atoms with Gasteiger partial charge in [0.25, 0.3) is 0 Å². The molecule has 8 nitrogen and oxygen atoms in total. The second-order valence-electron chi connectivity index (χ2n) is 6.65. The van der Waals surface area contributed by atoms with Gasteiger partial charge >= 0.3 is 0 Å². The summed E-state index contributed by atoms with van der Waals surface area (Å²) in [5.41, 5.74) is 14.6. The molecule has 6 N–H and O–H groups in total. The van der Waals surface area contributed by atoms with Crippen molar-refractivity contribution >= 4 is 29.0 Å². The number of hydrogen-bond acceptors (Lipinski definition) is 6. The number of unbranched alkanes of at least 4 members (excludes halogenated alkanes) is 1. The molecule has 0 aliphatic heterocycles. The number of hydrogen-bond donors (Lipinski definition) is 4. The summed E-state index contributed by atoms with van der Waals surface area (Å²) in [5.74, 6) is -0.0445. The van der Waals surface area contributed by atoms with Crippen LogP contribution in [0.15, 0.2) is 41.8 Å². The molecule has 0 aliphatic rings. The van der Waals surface area contributed by atoms with Crippen LogP contribution in [0.2, 0.25) is 0 Å². The molecule has 0 aliphatic carbocycles. The largest absolute Gasteiger partial charge is 0.398 e. The molecule has 0 atom stereocenters. The first-order chi connectivity index (χ1) is 14.0. The van der Waals surface area contributed by atoms with E-state index in [1.54, 1.807) is 19.9 Å². The zero-order valence-corrected chi connectivity index (χ0v) is 18.3. The lowest BCUT2D eigenvalue weighted by atomic mass is 10.0. The van der Waals surface area contributed by atoms with Crippen LogP contribution < -0.4 is 11.5 Å². The van der Waals surface area contributed by atoms with E-state index in [2.05, 4.69) is 11.6 Å². The van der Waals surface area contributed by atoms with E-state index in [1.165, 1.54) is 6.08 Å². The fraction of sp³-hybridized carbons (Fsp3) is 0.318. The molecule has 0 unspecified atom stereocenters. The number of nitrogens with one attached hydrogen (secondary N) is 2. The van der Waals surface area contributed by atoms with E-state index in [0.717, 1.165) is 23.9 Å². The maximum Gasteiger partial charge on any atom is 0.248 e. The molecule has 0 spiro atoms. The summed E-state index contributed by atoms with van der Waals surface area (Å²) < 4.78 is 1.82. The molecule has 1 aromatic heterocycles. The Morgan fingerprint density at radius 2 is 1.93 bits per heavy atom. The highest BCUT2D eigenvalue weighted by atomic mass is 16.1. The van der Waals surface area contributed by atoms with Gasteiger partial charge in [-0.2, -0.15) is 5.26 Å². The van der Waals surface area contributed by atoms with E-state index >= 15 is 0 Å². The Bertz CT molecular complexity index is 953. The van der Waals surface area contributed by atoms with Gasteiger partial charge in [-0.1, -0.05) is 13.5 Å². The van der Waals surface area contributed by atoms with Gasteiger partial charge < -0.3 is 26.9 Å². The van der Waals surface area contributed by atoms with Crippen molar-refractivity contribution in [2.45, 2.75) is 40.5 Å². The third kappa shape index (κ3) is 8.10. The van der Waals surface area contributed by atoms with E-state index in [-0.39, 0.29) is 11.3 Å². The number of carbonyl (C=O) groups excluding carboxylic acids is 1. The molecule has 30 heavy (non-hydrogen) atoms. The van der Waals surface area contributed by atoms with Gasteiger partial charge in [0.1, 0.15) is 5.82 Å². The Morgan fingerprint density at radius 1 is 1.33 bits per heavy atom. The SMILES string of the molecule is C=C(/C=C(N)\C(C=N)=C(/C)c1nc(/C(C)=C/C(C)=N)cn1C)C(N)=O.CCCC#N. The number of allylic oxidation sites excluding steroid dienone is 4. The zero-order chi connectivity index (χ0) is 23.4. The topological polar surface area (TPSA) is 158 Å². The van der Waals surface area contributed by atoms with E-state index in [1.807, 2.05) is 37.7 Å². The molecule has 1 aromatic rings. The van der Waals surface area contributed by atoms with Crippen LogP contribution in [0.1, 0.15) is 52.1 Å². The summed E-state index contributed by atoms with van der Waals surface area (Å²) >= 11 is 0. The lowest BCUT2D eigenvalue weighted by Crippen LogP contribution is -2.14. The number of aryl methyl sites for hydroxylation is 1. The van der Waals surface area contributed by atoms with Crippen molar-refractivity contribution in [3.05, 3.63) is 53.3 Å². The smallest absolute Gasteiger partial charge is 0.248 e. The number of imidazole rings is 1. The average molecular weight is 410 g/mol. The van der Waals surface area contributed by atoms with Crippen molar-refractivity contribution in [1.29, 1.82) is 16.1 Å². The quantitative estimate of drug-likeness (QED) is 0.294.